The molecule has 0 radical (unpaired) electrons. The molecule has 10 heteroatoms. The topological polar surface area (TPSA) is 182 Å². The predicted octanol–water partition coefficient (Wildman–Crippen LogP) is 1.72. The molecule has 2 aromatic heterocycles. The summed E-state index contributed by atoms with van der Waals surface area (Å²) < 4.78 is 9.89. The van der Waals surface area contributed by atoms with Gasteiger partial charge in [-0.25, -0.2) is 9.59 Å². The standard InChI is InChI=1S/C19H12O10/c20-10-3-1-6-12(22)8(18(26)28-16(6)14(10)24)5-9-13(23)7-2-4-11(21)15(25)17(7)29-19(9)27/h1-4,20-25H,5H2. The van der Waals surface area contributed by atoms with Crippen molar-refractivity contribution in [3.8, 4) is 34.5 Å². The first-order chi connectivity index (χ1) is 13.7. The van der Waals surface area contributed by atoms with Gasteiger partial charge in [-0.05, 0) is 24.3 Å². The van der Waals surface area contributed by atoms with E-state index in [0.29, 0.717) is 0 Å². The zero-order chi connectivity index (χ0) is 21.0. The minimum absolute atomic E-state index is 0.109. The lowest BCUT2D eigenvalue weighted by Crippen LogP contribution is -2.14. The van der Waals surface area contributed by atoms with E-state index in [1.54, 1.807) is 0 Å². The van der Waals surface area contributed by atoms with Crippen LogP contribution in [0.25, 0.3) is 21.9 Å². The smallest absolute Gasteiger partial charge is 0.343 e. The number of rotatable bonds is 2. The van der Waals surface area contributed by atoms with Gasteiger partial charge in [0.1, 0.15) is 11.5 Å². The summed E-state index contributed by atoms with van der Waals surface area (Å²) in [5.41, 5.74) is -3.97. The molecule has 4 rings (SSSR count). The van der Waals surface area contributed by atoms with Crippen molar-refractivity contribution < 1.29 is 39.5 Å². The van der Waals surface area contributed by atoms with E-state index in [1.807, 2.05) is 0 Å². The Morgan fingerprint density at radius 3 is 1.34 bits per heavy atom. The highest BCUT2D eigenvalue weighted by Gasteiger charge is 2.23. The van der Waals surface area contributed by atoms with Crippen molar-refractivity contribution in [2.45, 2.75) is 6.42 Å². The lowest BCUT2D eigenvalue weighted by Gasteiger charge is -2.10. The maximum absolute atomic E-state index is 12.3. The third-order valence-corrected chi connectivity index (χ3v) is 4.54. The van der Waals surface area contributed by atoms with Crippen LogP contribution in [0.1, 0.15) is 11.1 Å². The average molecular weight is 400 g/mol. The van der Waals surface area contributed by atoms with Gasteiger partial charge in [0.2, 0.25) is 11.5 Å². The Kier molecular flexibility index (Phi) is 3.79. The van der Waals surface area contributed by atoms with Crippen LogP contribution >= 0.6 is 0 Å². The molecule has 0 aliphatic carbocycles. The molecule has 148 valence electrons. The molecule has 2 aromatic carbocycles. The minimum atomic E-state index is -1.12. The molecule has 0 saturated carbocycles. The summed E-state index contributed by atoms with van der Waals surface area (Å²) in [4.78, 5) is 24.6. The van der Waals surface area contributed by atoms with Gasteiger partial charge < -0.3 is 39.5 Å². The Labute approximate surface area is 159 Å². The van der Waals surface area contributed by atoms with Gasteiger partial charge in [0, 0.05) is 6.42 Å². The van der Waals surface area contributed by atoms with Gasteiger partial charge in [0.05, 0.1) is 21.9 Å². The van der Waals surface area contributed by atoms with Crippen LogP contribution in [0, 0.1) is 0 Å². The molecule has 0 amide bonds. The van der Waals surface area contributed by atoms with Gasteiger partial charge in [-0.1, -0.05) is 0 Å². The molecule has 0 fully saturated rings. The molecular formula is C19H12O10. The number of phenolic OH excluding ortho intramolecular Hbond substituents is 4. The van der Waals surface area contributed by atoms with Gasteiger partial charge in [0.25, 0.3) is 0 Å². The second-order valence-corrected chi connectivity index (χ2v) is 6.23. The average Bonchev–Trinajstić information content (AvgIpc) is 2.67. The van der Waals surface area contributed by atoms with E-state index >= 15 is 0 Å². The highest BCUT2D eigenvalue weighted by Crippen LogP contribution is 2.40. The minimum Gasteiger partial charge on any atom is -0.507 e. The summed E-state index contributed by atoms with van der Waals surface area (Å²) in [6.07, 6.45) is -0.600. The predicted molar refractivity (Wildman–Crippen MR) is 97.8 cm³/mol. The fourth-order valence-electron chi connectivity index (χ4n) is 3.02. The summed E-state index contributed by atoms with van der Waals surface area (Å²) in [5, 5.41) is 59.3. The molecule has 0 spiro atoms. The van der Waals surface area contributed by atoms with Crippen LogP contribution in [-0.4, -0.2) is 30.6 Å². The summed E-state index contributed by atoms with van der Waals surface area (Å²) in [5.74, 6) is -3.88. The van der Waals surface area contributed by atoms with Gasteiger partial charge in [-0.2, -0.15) is 0 Å². The summed E-state index contributed by atoms with van der Waals surface area (Å²) in [6, 6.07) is 4.52. The number of aromatic hydroxyl groups is 6. The molecule has 10 nitrogen and oxygen atoms in total. The van der Waals surface area contributed by atoms with Gasteiger partial charge in [-0.3, -0.25) is 0 Å². The molecule has 4 aromatic rings. The van der Waals surface area contributed by atoms with Crippen LogP contribution in [0.3, 0.4) is 0 Å². The Balaban J connectivity index is 1.95. The van der Waals surface area contributed by atoms with E-state index in [2.05, 4.69) is 0 Å². The number of hydrogen-bond acceptors (Lipinski definition) is 10. The normalized spacial score (nSPS) is 11.3. The van der Waals surface area contributed by atoms with Crippen molar-refractivity contribution >= 4 is 21.9 Å². The Bertz CT molecular complexity index is 1320. The molecule has 0 aliphatic heterocycles. The molecule has 0 atom stereocenters. The monoisotopic (exact) mass is 400 g/mol. The lowest BCUT2D eigenvalue weighted by atomic mass is 10.0. The van der Waals surface area contributed by atoms with Gasteiger partial charge >= 0.3 is 11.3 Å². The highest BCUT2D eigenvalue weighted by molar-refractivity contribution is 5.92. The first-order valence-corrected chi connectivity index (χ1v) is 8.09. The number of hydrogen-bond donors (Lipinski definition) is 6. The van der Waals surface area contributed by atoms with E-state index in [0.717, 1.165) is 12.1 Å². The fraction of sp³-hybridized carbons (Fsp3) is 0.0526. The second-order valence-electron chi connectivity index (χ2n) is 6.23. The quantitative estimate of drug-likeness (QED) is 0.214. The van der Waals surface area contributed by atoms with Gasteiger partial charge in [0.15, 0.2) is 22.7 Å². The molecule has 0 bridgehead atoms. The maximum Gasteiger partial charge on any atom is 0.343 e. The third-order valence-electron chi connectivity index (χ3n) is 4.54. The summed E-state index contributed by atoms with van der Waals surface area (Å²) in [7, 11) is 0. The van der Waals surface area contributed by atoms with Crippen molar-refractivity contribution in [3.05, 3.63) is 56.2 Å². The van der Waals surface area contributed by atoms with Crippen LogP contribution in [0.5, 0.6) is 34.5 Å². The Morgan fingerprint density at radius 2 is 0.966 bits per heavy atom. The van der Waals surface area contributed by atoms with Crippen LogP contribution < -0.4 is 11.3 Å². The zero-order valence-electron chi connectivity index (χ0n) is 14.3. The van der Waals surface area contributed by atoms with Crippen molar-refractivity contribution in [3.63, 3.8) is 0 Å². The van der Waals surface area contributed by atoms with Crippen molar-refractivity contribution in [2.24, 2.45) is 0 Å². The maximum atomic E-state index is 12.3. The van der Waals surface area contributed by atoms with E-state index in [4.69, 9.17) is 8.83 Å². The van der Waals surface area contributed by atoms with E-state index in [1.165, 1.54) is 12.1 Å². The van der Waals surface area contributed by atoms with Crippen molar-refractivity contribution in [1.82, 2.24) is 0 Å². The lowest BCUT2D eigenvalue weighted by molar-refractivity contribution is 0.393. The fourth-order valence-corrected chi connectivity index (χ4v) is 3.02. The van der Waals surface area contributed by atoms with Crippen molar-refractivity contribution in [2.75, 3.05) is 0 Å². The van der Waals surface area contributed by atoms with E-state index in [-0.39, 0.29) is 10.8 Å². The van der Waals surface area contributed by atoms with Crippen LogP contribution in [0.15, 0.2) is 42.7 Å². The number of fused-ring (bicyclic) bond motifs is 2. The number of benzene rings is 2. The Hall–Kier alpha value is -4.34. The molecule has 2 heterocycles. The SMILES string of the molecule is O=c1oc2c(O)c(O)ccc2c(O)c1Cc1c(O)c2ccc(O)c(O)c2oc1=O. The largest absolute Gasteiger partial charge is 0.507 e. The van der Waals surface area contributed by atoms with Crippen molar-refractivity contribution in [1.29, 1.82) is 0 Å². The molecule has 0 unspecified atom stereocenters. The van der Waals surface area contributed by atoms with Crippen LogP contribution in [0.4, 0.5) is 0 Å². The molecule has 29 heavy (non-hydrogen) atoms. The van der Waals surface area contributed by atoms with Crippen LogP contribution in [0.2, 0.25) is 0 Å². The first-order valence-electron chi connectivity index (χ1n) is 8.09. The third kappa shape index (κ3) is 2.57. The van der Waals surface area contributed by atoms with E-state index in [9.17, 15) is 40.2 Å². The number of phenols is 4. The Morgan fingerprint density at radius 1 is 0.586 bits per heavy atom. The summed E-state index contributed by atoms with van der Waals surface area (Å²) in [6.45, 7) is 0. The van der Waals surface area contributed by atoms with Crippen LogP contribution in [-0.2, 0) is 6.42 Å². The summed E-state index contributed by atoms with van der Waals surface area (Å²) >= 11 is 0. The molecule has 6 N–H and O–H groups in total. The van der Waals surface area contributed by atoms with E-state index < -0.39 is 74.5 Å². The molecule has 0 saturated heterocycles. The van der Waals surface area contributed by atoms with Gasteiger partial charge in [-0.15, -0.1) is 0 Å². The molecular weight excluding hydrogens is 388 g/mol. The highest BCUT2D eigenvalue weighted by atomic mass is 16.4. The second kappa shape index (κ2) is 6.09. The first kappa shape index (κ1) is 18.0. The molecule has 0 aliphatic rings. The zero-order valence-corrected chi connectivity index (χ0v) is 14.3.